The van der Waals surface area contributed by atoms with Crippen molar-refractivity contribution in [2.45, 2.75) is 37.8 Å². The summed E-state index contributed by atoms with van der Waals surface area (Å²) in [6.07, 6.45) is 7.03. The standard InChI is InChI=1S/C13H18N2O4/c16-12(17)13(4-1-5-18-9-13)19-11-6-14-15(8-11)7-10-2-3-10/h6,8,10H,1-5,7,9H2,(H,16,17). The summed E-state index contributed by atoms with van der Waals surface area (Å²) in [5.74, 6) is 0.259. The van der Waals surface area contributed by atoms with E-state index in [0.717, 1.165) is 12.5 Å². The number of aromatic nitrogens is 2. The van der Waals surface area contributed by atoms with E-state index in [0.29, 0.717) is 25.2 Å². The van der Waals surface area contributed by atoms with Gasteiger partial charge in [0.15, 0.2) is 5.75 Å². The van der Waals surface area contributed by atoms with Gasteiger partial charge in [0, 0.05) is 19.6 Å². The van der Waals surface area contributed by atoms with Crippen LogP contribution in [0.15, 0.2) is 12.4 Å². The molecule has 0 amide bonds. The number of ether oxygens (including phenoxy) is 2. The third-order valence-corrected chi connectivity index (χ3v) is 3.66. The third kappa shape index (κ3) is 2.73. The molecule has 6 nitrogen and oxygen atoms in total. The molecule has 3 rings (SSSR count). The van der Waals surface area contributed by atoms with Crippen LogP contribution in [0.3, 0.4) is 0 Å². The van der Waals surface area contributed by atoms with E-state index in [1.807, 2.05) is 4.68 Å². The van der Waals surface area contributed by atoms with Gasteiger partial charge in [0.05, 0.1) is 19.0 Å². The molecule has 1 aromatic rings. The molecule has 0 bridgehead atoms. The summed E-state index contributed by atoms with van der Waals surface area (Å²) in [6, 6.07) is 0. The molecule has 0 aromatic carbocycles. The lowest BCUT2D eigenvalue weighted by Gasteiger charge is -2.32. The molecule has 1 saturated heterocycles. The Morgan fingerprint density at radius 1 is 1.63 bits per heavy atom. The molecule has 1 unspecified atom stereocenters. The van der Waals surface area contributed by atoms with Crippen molar-refractivity contribution in [3.05, 3.63) is 12.4 Å². The zero-order valence-electron chi connectivity index (χ0n) is 10.7. The molecule has 0 radical (unpaired) electrons. The van der Waals surface area contributed by atoms with E-state index < -0.39 is 11.6 Å². The summed E-state index contributed by atoms with van der Waals surface area (Å²) in [6.45, 7) is 1.58. The Morgan fingerprint density at radius 3 is 3.11 bits per heavy atom. The number of hydrogen-bond donors (Lipinski definition) is 1. The fraction of sp³-hybridized carbons (Fsp3) is 0.692. The van der Waals surface area contributed by atoms with E-state index in [2.05, 4.69) is 5.10 Å². The fourth-order valence-corrected chi connectivity index (χ4v) is 2.35. The van der Waals surface area contributed by atoms with Crippen molar-refractivity contribution in [2.24, 2.45) is 5.92 Å². The number of hydrogen-bond acceptors (Lipinski definition) is 4. The number of aliphatic carboxylic acids is 1. The molecule has 1 aromatic heterocycles. The Hall–Kier alpha value is -1.56. The maximum atomic E-state index is 11.4. The second-order valence-corrected chi connectivity index (χ2v) is 5.40. The van der Waals surface area contributed by atoms with Crippen LogP contribution in [0.4, 0.5) is 0 Å². The van der Waals surface area contributed by atoms with Gasteiger partial charge in [-0.3, -0.25) is 4.68 Å². The average molecular weight is 266 g/mol. The van der Waals surface area contributed by atoms with Gasteiger partial charge in [0.2, 0.25) is 5.60 Å². The zero-order chi connectivity index (χ0) is 13.3. The Bertz CT molecular complexity index is 461. The Labute approximate surface area is 111 Å². The minimum absolute atomic E-state index is 0.0934. The molecule has 1 atom stereocenters. The molecule has 2 heterocycles. The first-order chi connectivity index (χ1) is 9.18. The van der Waals surface area contributed by atoms with E-state index >= 15 is 0 Å². The molecule has 2 aliphatic rings. The van der Waals surface area contributed by atoms with E-state index in [9.17, 15) is 9.90 Å². The maximum Gasteiger partial charge on any atom is 0.350 e. The van der Waals surface area contributed by atoms with Crippen molar-refractivity contribution in [3.8, 4) is 5.75 Å². The topological polar surface area (TPSA) is 73.6 Å². The van der Waals surface area contributed by atoms with Crippen molar-refractivity contribution in [2.75, 3.05) is 13.2 Å². The Balaban J connectivity index is 1.70. The minimum Gasteiger partial charge on any atom is -0.478 e. The minimum atomic E-state index is -1.26. The number of carboxylic acids is 1. The molecule has 2 fully saturated rings. The SMILES string of the molecule is O=C(O)C1(Oc2cnn(CC3CC3)c2)CCCOC1. The van der Waals surface area contributed by atoms with E-state index in [1.165, 1.54) is 12.8 Å². The van der Waals surface area contributed by atoms with Crippen LogP contribution >= 0.6 is 0 Å². The first-order valence-electron chi connectivity index (χ1n) is 6.71. The first-order valence-corrected chi connectivity index (χ1v) is 6.71. The maximum absolute atomic E-state index is 11.4. The summed E-state index contributed by atoms with van der Waals surface area (Å²) in [4.78, 5) is 11.4. The summed E-state index contributed by atoms with van der Waals surface area (Å²) < 4.78 is 12.8. The summed E-state index contributed by atoms with van der Waals surface area (Å²) >= 11 is 0. The van der Waals surface area contributed by atoms with Crippen LogP contribution in [0.1, 0.15) is 25.7 Å². The van der Waals surface area contributed by atoms with Gasteiger partial charge in [-0.1, -0.05) is 0 Å². The first kappa shape index (κ1) is 12.5. The van der Waals surface area contributed by atoms with Gasteiger partial charge in [-0.15, -0.1) is 0 Å². The van der Waals surface area contributed by atoms with Gasteiger partial charge in [0.25, 0.3) is 0 Å². The molecule has 1 N–H and O–H groups in total. The van der Waals surface area contributed by atoms with Crippen molar-refractivity contribution in [1.82, 2.24) is 9.78 Å². The van der Waals surface area contributed by atoms with Crippen LogP contribution in [-0.2, 0) is 16.1 Å². The zero-order valence-corrected chi connectivity index (χ0v) is 10.7. The molecule has 1 aliphatic carbocycles. The molecular formula is C13H18N2O4. The smallest absolute Gasteiger partial charge is 0.350 e. The highest BCUT2D eigenvalue weighted by molar-refractivity contribution is 5.78. The van der Waals surface area contributed by atoms with E-state index in [-0.39, 0.29) is 6.61 Å². The molecule has 0 spiro atoms. The second kappa shape index (κ2) is 4.85. The summed E-state index contributed by atoms with van der Waals surface area (Å²) in [7, 11) is 0. The molecule has 104 valence electrons. The number of carbonyl (C=O) groups is 1. The molecule has 1 aliphatic heterocycles. The monoisotopic (exact) mass is 266 g/mol. The lowest BCUT2D eigenvalue weighted by molar-refractivity contribution is -0.167. The quantitative estimate of drug-likeness (QED) is 0.869. The third-order valence-electron chi connectivity index (χ3n) is 3.66. The normalized spacial score (nSPS) is 27.2. The highest BCUT2D eigenvalue weighted by Gasteiger charge is 2.43. The fourth-order valence-electron chi connectivity index (χ4n) is 2.35. The van der Waals surface area contributed by atoms with Crippen molar-refractivity contribution < 1.29 is 19.4 Å². The van der Waals surface area contributed by atoms with Crippen molar-refractivity contribution in [1.29, 1.82) is 0 Å². The van der Waals surface area contributed by atoms with Crippen LogP contribution in [-0.4, -0.2) is 39.7 Å². The van der Waals surface area contributed by atoms with Crippen molar-refractivity contribution in [3.63, 3.8) is 0 Å². The Kier molecular flexibility index (Phi) is 3.18. The molecular weight excluding hydrogens is 248 g/mol. The molecule has 19 heavy (non-hydrogen) atoms. The van der Waals surface area contributed by atoms with Gasteiger partial charge in [-0.2, -0.15) is 5.10 Å². The molecule has 6 heteroatoms. The lowest BCUT2D eigenvalue weighted by Crippen LogP contribution is -2.51. The highest BCUT2D eigenvalue weighted by atomic mass is 16.6. The lowest BCUT2D eigenvalue weighted by atomic mass is 9.96. The van der Waals surface area contributed by atoms with Crippen LogP contribution in [0.25, 0.3) is 0 Å². The van der Waals surface area contributed by atoms with Gasteiger partial charge >= 0.3 is 5.97 Å². The van der Waals surface area contributed by atoms with Gasteiger partial charge in [-0.25, -0.2) is 4.79 Å². The summed E-state index contributed by atoms with van der Waals surface area (Å²) in [5, 5.41) is 13.6. The van der Waals surface area contributed by atoms with Gasteiger partial charge in [-0.05, 0) is 25.2 Å². The predicted octanol–water partition coefficient (Wildman–Crippen LogP) is 1.31. The highest BCUT2D eigenvalue weighted by Crippen LogP contribution is 2.31. The number of carboxylic acid groups (broad SMARTS) is 1. The van der Waals surface area contributed by atoms with Gasteiger partial charge < -0.3 is 14.6 Å². The Morgan fingerprint density at radius 2 is 2.47 bits per heavy atom. The predicted molar refractivity (Wildman–Crippen MR) is 66.0 cm³/mol. The average Bonchev–Trinajstić information content (AvgIpc) is 3.10. The molecule has 1 saturated carbocycles. The number of nitrogens with zero attached hydrogens (tertiary/aromatic N) is 2. The van der Waals surface area contributed by atoms with Crippen LogP contribution < -0.4 is 4.74 Å². The van der Waals surface area contributed by atoms with Crippen molar-refractivity contribution >= 4 is 5.97 Å². The number of rotatable bonds is 5. The van der Waals surface area contributed by atoms with E-state index in [1.54, 1.807) is 12.4 Å². The van der Waals surface area contributed by atoms with E-state index in [4.69, 9.17) is 9.47 Å². The largest absolute Gasteiger partial charge is 0.478 e. The van der Waals surface area contributed by atoms with Gasteiger partial charge in [0.1, 0.15) is 0 Å². The second-order valence-electron chi connectivity index (χ2n) is 5.40. The van der Waals surface area contributed by atoms with Crippen LogP contribution in [0.5, 0.6) is 5.75 Å². The van der Waals surface area contributed by atoms with Crippen LogP contribution in [0.2, 0.25) is 0 Å². The summed E-state index contributed by atoms with van der Waals surface area (Å²) in [5.41, 5.74) is -1.26. The van der Waals surface area contributed by atoms with Crippen LogP contribution in [0, 0.1) is 5.92 Å².